The summed E-state index contributed by atoms with van der Waals surface area (Å²) < 4.78 is 49.8. The van der Waals surface area contributed by atoms with Crippen LogP contribution < -0.4 is 4.74 Å². The molecular weight excluding hydrogens is 368 g/mol. The van der Waals surface area contributed by atoms with Gasteiger partial charge in [0.25, 0.3) is 0 Å². The van der Waals surface area contributed by atoms with E-state index in [1.807, 2.05) is 13.8 Å². The highest BCUT2D eigenvalue weighted by Gasteiger charge is 2.50. The number of rotatable bonds is 3. The molecule has 0 spiro atoms. The maximum atomic E-state index is 13.3. The molecule has 0 saturated heterocycles. The summed E-state index contributed by atoms with van der Waals surface area (Å²) in [5, 5.41) is -0.0339. The molecule has 0 saturated carbocycles. The van der Waals surface area contributed by atoms with E-state index in [9.17, 15) is 18.0 Å². The fraction of sp³-hybridized carbons (Fsp3) is 0.438. The molecule has 2 rings (SSSR count). The summed E-state index contributed by atoms with van der Waals surface area (Å²) in [6.07, 6.45) is -7.31. The molecular formula is C16H15Cl2F3O3. The van der Waals surface area contributed by atoms with Crippen molar-refractivity contribution in [2.24, 2.45) is 0 Å². The van der Waals surface area contributed by atoms with Crippen molar-refractivity contribution >= 4 is 34.2 Å². The van der Waals surface area contributed by atoms with Crippen LogP contribution >= 0.6 is 23.2 Å². The molecule has 1 heterocycles. The molecule has 132 valence electrons. The Morgan fingerprint density at radius 2 is 1.96 bits per heavy atom. The minimum atomic E-state index is -4.82. The van der Waals surface area contributed by atoms with Gasteiger partial charge < -0.3 is 9.47 Å². The second kappa shape index (κ2) is 6.84. The number of esters is 1. The molecule has 0 radical (unpaired) electrons. The molecule has 1 aliphatic rings. The van der Waals surface area contributed by atoms with E-state index in [1.165, 1.54) is 19.1 Å². The van der Waals surface area contributed by atoms with Crippen molar-refractivity contribution < 1.29 is 27.4 Å². The van der Waals surface area contributed by atoms with Crippen molar-refractivity contribution in [2.45, 2.75) is 39.0 Å². The molecule has 1 aromatic rings. The Morgan fingerprint density at radius 1 is 1.33 bits per heavy atom. The van der Waals surface area contributed by atoms with E-state index in [0.717, 1.165) is 0 Å². The smallest absolute Gasteiger partial charge is 0.430 e. The number of hydrogen-bond donors (Lipinski definition) is 0. The third-order valence-electron chi connectivity index (χ3n) is 3.49. The van der Waals surface area contributed by atoms with Crippen molar-refractivity contribution in [3.05, 3.63) is 33.9 Å². The van der Waals surface area contributed by atoms with Crippen LogP contribution in [-0.4, -0.2) is 24.9 Å². The van der Waals surface area contributed by atoms with E-state index in [-0.39, 0.29) is 28.9 Å². The summed E-state index contributed by atoms with van der Waals surface area (Å²) in [6, 6.07) is 2.83. The van der Waals surface area contributed by atoms with Gasteiger partial charge in [0.05, 0.1) is 11.6 Å². The lowest BCUT2D eigenvalue weighted by atomic mass is 9.96. The van der Waals surface area contributed by atoms with Gasteiger partial charge in [0.1, 0.15) is 11.3 Å². The SMILES string of the molecule is CCOC(=O)C1=C(Cl)c2cc(Cl)c(C(C)C)cc2OC1C(F)(F)F. The zero-order valence-electron chi connectivity index (χ0n) is 13.1. The first kappa shape index (κ1) is 18.9. The molecule has 1 aromatic carbocycles. The number of ether oxygens (including phenoxy) is 2. The Kier molecular flexibility index (Phi) is 5.40. The predicted molar refractivity (Wildman–Crippen MR) is 85.4 cm³/mol. The van der Waals surface area contributed by atoms with Crippen LogP contribution in [0.3, 0.4) is 0 Å². The van der Waals surface area contributed by atoms with Crippen molar-refractivity contribution in [3.8, 4) is 5.75 Å². The normalized spacial score (nSPS) is 17.6. The number of hydrogen-bond acceptors (Lipinski definition) is 3. The zero-order chi connectivity index (χ0) is 18.2. The van der Waals surface area contributed by atoms with E-state index < -0.39 is 23.8 Å². The third-order valence-corrected chi connectivity index (χ3v) is 4.23. The molecule has 1 atom stereocenters. The molecule has 0 aliphatic carbocycles. The molecule has 1 unspecified atom stereocenters. The highest BCUT2D eigenvalue weighted by Crippen LogP contribution is 2.46. The minimum absolute atomic E-state index is 0.0232. The molecule has 0 N–H and O–H groups in total. The average Bonchev–Trinajstić information content (AvgIpc) is 2.46. The summed E-state index contributed by atoms with van der Waals surface area (Å²) in [5.74, 6) is -1.26. The highest BCUT2D eigenvalue weighted by molar-refractivity contribution is 6.51. The molecule has 0 bridgehead atoms. The molecule has 0 amide bonds. The van der Waals surface area contributed by atoms with Gasteiger partial charge in [-0.05, 0) is 30.5 Å². The van der Waals surface area contributed by atoms with Crippen LogP contribution in [-0.2, 0) is 9.53 Å². The lowest BCUT2D eigenvalue weighted by Crippen LogP contribution is -2.41. The van der Waals surface area contributed by atoms with E-state index in [0.29, 0.717) is 10.6 Å². The van der Waals surface area contributed by atoms with E-state index in [4.69, 9.17) is 32.7 Å². The number of carbonyl (C=O) groups is 1. The van der Waals surface area contributed by atoms with E-state index in [2.05, 4.69) is 0 Å². The Hall–Kier alpha value is -1.40. The van der Waals surface area contributed by atoms with Crippen LogP contribution in [0, 0.1) is 0 Å². The van der Waals surface area contributed by atoms with Gasteiger partial charge in [-0.25, -0.2) is 4.79 Å². The number of fused-ring (bicyclic) bond motifs is 1. The van der Waals surface area contributed by atoms with Gasteiger partial charge in [-0.3, -0.25) is 0 Å². The Morgan fingerprint density at radius 3 is 2.46 bits per heavy atom. The standard InChI is InChI=1S/C16H15Cl2F3O3/c1-4-23-15(22)12-13(18)9-5-10(17)8(7(2)3)6-11(9)24-14(12)16(19,20)21/h5-7,14H,4H2,1-3H3. The minimum Gasteiger partial charge on any atom is -0.475 e. The second-order valence-corrected chi connectivity index (χ2v) is 6.30. The van der Waals surface area contributed by atoms with Crippen LogP contribution in [0.15, 0.2) is 17.7 Å². The fourth-order valence-corrected chi connectivity index (χ4v) is 3.07. The molecule has 3 nitrogen and oxygen atoms in total. The van der Waals surface area contributed by atoms with Gasteiger partial charge in [-0.15, -0.1) is 0 Å². The summed E-state index contributed by atoms with van der Waals surface area (Å²) in [6.45, 7) is 5.09. The highest BCUT2D eigenvalue weighted by atomic mass is 35.5. The largest absolute Gasteiger partial charge is 0.475 e. The summed E-state index contributed by atoms with van der Waals surface area (Å²) in [5.41, 5.74) is -0.0121. The summed E-state index contributed by atoms with van der Waals surface area (Å²) in [7, 11) is 0. The van der Waals surface area contributed by atoms with E-state index >= 15 is 0 Å². The summed E-state index contributed by atoms with van der Waals surface area (Å²) >= 11 is 12.2. The van der Waals surface area contributed by atoms with Gasteiger partial charge in [0, 0.05) is 10.6 Å². The van der Waals surface area contributed by atoms with Crippen LogP contribution in [0.5, 0.6) is 5.75 Å². The number of alkyl halides is 3. The quantitative estimate of drug-likeness (QED) is 0.665. The first-order chi connectivity index (χ1) is 11.1. The third kappa shape index (κ3) is 3.49. The molecule has 24 heavy (non-hydrogen) atoms. The topological polar surface area (TPSA) is 35.5 Å². The first-order valence-corrected chi connectivity index (χ1v) is 7.97. The lowest BCUT2D eigenvalue weighted by molar-refractivity contribution is -0.188. The van der Waals surface area contributed by atoms with Gasteiger partial charge in [0.2, 0.25) is 6.10 Å². The maximum absolute atomic E-state index is 13.3. The van der Waals surface area contributed by atoms with Gasteiger partial charge in [-0.1, -0.05) is 37.0 Å². The Labute approximate surface area is 147 Å². The van der Waals surface area contributed by atoms with Crippen molar-refractivity contribution in [1.29, 1.82) is 0 Å². The molecule has 8 heteroatoms. The predicted octanol–water partition coefficient (Wildman–Crippen LogP) is 5.30. The monoisotopic (exact) mass is 382 g/mol. The van der Waals surface area contributed by atoms with Crippen molar-refractivity contribution in [3.63, 3.8) is 0 Å². The van der Waals surface area contributed by atoms with Gasteiger partial charge in [-0.2, -0.15) is 13.2 Å². The Bertz CT molecular complexity index is 697. The zero-order valence-corrected chi connectivity index (χ0v) is 14.6. The number of carbonyl (C=O) groups excluding carboxylic acids is 1. The fourth-order valence-electron chi connectivity index (χ4n) is 2.36. The van der Waals surface area contributed by atoms with Crippen molar-refractivity contribution in [1.82, 2.24) is 0 Å². The summed E-state index contributed by atoms with van der Waals surface area (Å²) in [4.78, 5) is 12.0. The molecule has 0 aromatic heterocycles. The molecule has 0 fully saturated rings. The first-order valence-electron chi connectivity index (χ1n) is 7.21. The van der Waals surface area contributed by atoms with Crippen LogP contribution in [0.1, 0.15) is 37.8 Å². The number of halogens is 5. The van der Waals surface area contributed by atoms with Gasteiger partial charge in [0.15, 0.2) is 0 Å². The van der Waals surface area contributed by atoms with Gasteiger partial charge >= 0.3 is 12.1 Å². The average molecular weight is 383 g/mol. The van der Waals surface area contributed by atoms with Crippen LogP contribution in [0.2, 0.25) is 5.02 Å². The van der Waals surface area contributed by atoms with Crippen LogP contribution in [0.25, 0.3) is 5.03 Å². The van der Waals surface area contributed by atoms with Crippen LogP contribution in [0.4, 0.5) is 13.2 Å². The van der Waals surface area contributed by atoms with Crippen molar-refractivity contribution in [2.75, 3.05) is 6.61 Å². The van der Waals surface area contributed by atoms with E-state index in [1.54, 1.807) is 0 Å². The lowest BCUT2D eigenvalue weighted by Gasteiger charge is -2.30. The number of benzene rings is 1. The maximum Gasteiger partial charge on any atom is 0.430 e. The second-order valence-electron chi connectivity index (χ2n) is 5.51. The molecule has 1 aliphatic heterocycles. The Balaban J connectivity index is 2.66.